The van der Waals surface area contributed by atoms with E-state index in [1.54, 1.807) is 0 Å². The van der Waals surface area contributed by atoms with Crippen LogP contribution in [0.1, 0.15) is 20.3 Å². The van der Waals surface area contributed by atoms with Crippen molar-refractivity contribution in [3.05, 3.63) is 10.5 Å². The first-order valence-electron chi connectivity index (χ1n) is 4.23. The summed E-state index contributed by atoms with van der Waals surface area (Å²) in [6.45, 7) is 4.36. The molecule has 1 N–H and O–H groups in total. The van der Waals surface area contributed by atoms with Gasteiger partial charge in [0, 0.05) is 5.75 Å². The summed E-state index contributed by atoms with van der Waals surface area (Å²) in [4.78, 5) is 16.2. The molecule has 1 heterocycles. The first kappa shape index (κ1) is 10.2. The van der Waals surface area contributed by atoms with Crippen LogP contribution in [0.15, 0.2) is 9.95 Å². The molecule has 0 atom stereocenters. The maximum Gasteiger partial charge on any atom is 0.377 e. The standard InChI is InChI=1S/C7H13N3O2S/c1-3-5-13-7-9-8-6(11)10(7)12-4-2/h3-5H2,1-2H3,(H,8,11). The lowest BCUT2D eigenvalue weighted by Gasteiger charge is -2.03. The number of aromatic amines is 1. The molecule has 0 aliphatic rings. The van der Waals surface area contributed by atoms with E-state index in [-0.39, 0.29) is 5.69 Å². The second kappa shape index (κ2) is 4.96. The van der Waals surface area contributed by atoms with Gasteiger partial charge in [0.15, 0.2) is 0 Å². The van der Waals surface area contributed by atoms with E-state index in [9.17, 15) is 4.79 Å². The summed E-state index contributed by atoms with van der Waals surface area (Å²) in [7, 11) is 0. The van der Waals surface area contributed by atoms with E-state index in [0.717, 1.165) is 12.2 Å². The Balaban J connectivity index is 2.74. The Morgan fingerprint density at radius 3 is 3.00 bits per heavy atom. The van der Waals surface area contributed by atoms with Crippen LogP contribution in [0.25, 0.3) is 0 Å². The summed E-state index contributed by atoms with van der Waals surface area (Å²) < 4.78 is 1.19. The van der Waals surface area contributed by atoms with Gasteiger partial charge >= 0.3 is 5.69 Å². The highest BCUT2D eigenvalue weighted by Gasteiger charge is 2.07. The van der Waals surface area contributed by atoms with E-state index in [4.69, 9.17) is 4.84 Å². The molecule has 1 aromatic rings. The van der Waals surface area contributed by atoms with Gasteiger partial charge in [-0.3, -0.25) is 0 Å². The van der Waals surface area contributed by atoms with Crippen LogP contribution in [-0.2, 0) is 0 Å². The molecular formula is C7H13N3O2S. The molecule has 13 heavy (non-hydrogen) atoms. The van der Waals surface area contributed by atoms with E-state index < -0.39 is 0 Å². The van der Waals surface area contributed by atoms with E-state index >= 15 is 0 Å². The van der Waals surface area contributed by atoms with Gasteiger partial charge < -0.3 is 4.84 Å². The van der Waals surface area contributed by atoms with Gasteiger partial charge in [-0.05, 0) is 13.3 Å². The first-order chi connectivity index (χ1) is 6.29. The number of aromatic nitrogens is 3. The highest BCUT2D eigenvalue weighted by atomic mass is 32.2. The smallest absolute Gasteiger partial charge is 0.377 e. The quantitative estimate of drug-likeness (QED) is 0.709. The molecule has 1 rings (SSSR count). The molecule has 1 aromatic heterocycles. The molecule has 0 unspecified atom stereocenters. The Hall–Kier alpha value is -0.910. The lowest BCUT2D eigenvalue weighted by Crippen LogP contribution is -2.25. The fourth-order valence-electron chi connectivity index (χ4n) is 0.801. The molecule has 0 radical (unpaired) electrons. The van der Waals surface area contributed by atoms with Crippen LogP contribution in [0.4, 0.5) is 0 Å². The monoisotopic (exact) mass is 203 g/mol. The lowest BCUT2D eigenvalue weighted by atomic mass is 10.6. The largest absolute Gasteiger partial charge is 0.407 e. The lowest BCUT2D eigenvalue weighted by molar-refractivity contribution is 0.0941. The minimum Gasteiger partial charge on any atom is -0.407 e. The Kier molecular flexibility index (Phi) is 3.88. The number of rotatable bonds is 5. The Morgan fingerprint density at radius 1 is 1.62 bits per heavy atom. The molecule has 0 saturated carbocycles. The van der Waals surface area contributed by atoms with Crippen LogP contribution in [0.5, 0.6) is 0 Å². The topological polar surface area (TPSA) is 59.9 Å². The van der Waals surface area contributed by atoms with Crippen molar-refractivity contribution in [1.82, 2.24) is 14.9 Å². The van der Waals surface area contributed by atoms with Crippen molar-refractivity contribution in [2.24, 2.45) is 0 Å². The predicted octanol–water partition coefficient (Wildman–Crippen LogP) is 0.522. The third kappa shape index (κ3) is 2.51. The number of nitrogens with one attached hydrogen (secondary N) is 1. The summed E-state index contributed by atoms with van der Waals surface area (Å²) >= 11 is 1.50. The molecule has 74 valence electrons. The zero-order valence-corrected chi connectivity index (χ0v) is 8.56. The molecular weight excluding hydrogens is 190 g/mol. The number of hydrogen-bond donors (Lipinski definition) is 1. The van der Waals surface area contributed by atoms with Crippen LogP contribution >= 0.6 is 11.8 Å². The first-order valence-corrected chi connectivity index (χ1v) is 5.21. The molecule has 5 nitrogen and oxygen atoms in total. The van der Waals surface area contributed by atoms with Crippen molar-refractivity contribution in [3.8, 4) is 0 Å². The van der Waals surface area contributed by atoms with E-state index in [1.165, 1.54) is 16.5 Å². The Bertz CT molecular complexity index is 307. The van der Waals surface area contributed by atoms with Crippen LogP contribution < -0.4 is 10.5 Å². The SMILES string of the molecule is CCCSc1n[nH]c(=O)n1OCC. The number of H-pyrrole nitrogens is 1. The van der Waals surface area contributed by atoms with Crippen molar-refractivity contribution in [2.75, 3.05) is 12.4 Å². The third-order valence-electron chi connectivity index (χ3n) is 1.30. The van der Waals surface area contributed by atoms with E-state index in [1.807, 2.05) is 6.92 Å². The van der Waals surface area contributed by atoms with Crippen LogP contribution in [0.3, 0.4) is 0 Å². The van der Waals surface area contributed by atoms with Crippen molar-refractivity contribution in [1.29, 1.82) is 0 Å². The fourth-order valence-corrected chi connectivity index (χ4v) is 1.55. The average Bonchev–Trinajstić information content (AvgIpc) is 2.46. The third-order valence-corrected chi connectivity index (χ3v) is 2.43. The summed E-state index contributed by atoms with van der Waals surface area (Å²) in [6.07, 6.45) is 1.04. The second-order valence-electron chi connectivity index (χ2n) is 2.37. The Morgan fingerprint density at radius 2 is 2.38 bits per heavy atom. The van der Waals surface area contributed by atoms with Crippen molar-refractivity contribution < 1.29 is 4.84 Å². The van der Waals surface area contributed by atoms with Gasteiger partial charge in [-0.15, -0.1) is 9.83 Å². The zero-order valence-electron chi connectivity index (χ0n) is 7.74. The van der Waals surface area contributed by atoms with E-state index in [2.05, 4.69) is 17.1 Å². The maximum atomic E-state index is 11.1. The number of nitrogens with zero attached hydrogens (tertiary/aromatic N) is 2. The maximum absolute atomic E-state index is 11.1. The second-order valence-corrected chi connectivity index (χ2v) is 3.43. The molecule has 0 amide bonds. The van der Waals surface area contributed by atoms with Crippen molar-refractivity contribution in [2.45, 2.75) is 25.4 Å². The molecule has 0 aliphatic heterocycles. The summed E-state index contributed by atoms with van der Waals surface area (Å²) in [5.41, 5.74) is -0.319. The summed E-state index contributed by atoms with van der Waals surface area (Å²) in [5.74, 6) is 0.928. The normalized spacial score (nSPS) is 10.3. The fraction of sp³-hybridized carbons (Fsp3) is 0.714. The molecule has 0 fully saturated rings. The average molecular weight is 203 g/mol. The van der Waals surface area contributed by atoms with Gasteiger partial charge in [0.2, 0.25) is 5.16 Å². The zero-order chi connectivity index (χ0) is 9.68. The van der Waals surface area contributed by atoms with E-state index in [0.29, 0.717) is 11.8 Å². The van der Waals surface area contributed by atoms with Crippen molar-refractivity contribution >= 4 is 11.8 Å². The molecule has 6 heteroatoms. The molecule has 0 bridgehead atoms. The van der Waals surface area contributed by atoms with Gasteiger partial charge in [-0.1, -0.05) is 18.7 Å². The predicted molar refractivity (Wildman–Crippen MR) is 51.0 cm³/mol. The van der Waals surface area contributed by atoms with Crippen LogP contribution in [0.2, 0.25) is 0 Å². The van der Waals surface area contributed by atoms with Gasteiger partial charge in [-0.2, -0.15) is 0 Å². The molecule has 0 aliphatic carbocycles. The Labute approximate surface area is 80.4 Å². The highest BCUT2D eigenvalue weighted by molar-refractivity contribution is 7.99. The van der Waals surface area contributed by atoms with Crippen LogP contribution in [-0.4, -0.2) is 27.3 Å². The van der Waals surface area contributed by atoms with Gasteiger partial charge in [0.25, 0.3) is 0 Å². The number of hydrogen-bond acceptors (Lipinski definition) is 4. The van der Waals surface area contributed by atoms with Crippen LogP contribution in [0, 0.1) is 0 Å². The molecule has 0 spiro atoms. The van der Waals surface area contributed by atoms with Gasteiger partial charge in [0.1, 0.15) is 6.61 Å². The van der Waals surface area contributed by atoms with Crippen molar-refractivity contribution in [3.63, 3.8) is 0 Å². The molecule has 0 saturated heterocycles. The minimum absolute atomic E-state index is 0.319. The highest BCUT2D eigenvalue weighted by Crippen LogP contribution is 2.12. The summed E-state index contributed by atoms with van der Waals surface area (Å²) in [6, 6.07) is 0. The van der Waals surface area contributed by atoms with Gasteiger partial charge in [0.05, 0.1) is 0 Å². The molecule has 0 aromatic carbocycles. The number of thioether (sulfide) groups is 1. The van der Waals surface area contributed by atoms with Gasteiger partial charge in [-0.25, -0.2) is 9.89 Å². The summed E-state index contributed by atoms with van der Waals surface area (Å²) in [5, 5.41) is 6.77. The minimum atomic E-state index is -0.319.